The minimum atomic E-state index is -0.200. The van der Waals surface area contributed by atoms with Crippen LogP contribution in [0, 0.1) is 0 Å². The van der Waals surface area contributed by atoms with Gasteiger partial charge in [0.25, 0.3) is 0 Å². The summed E-state index contributed by atoms with van der Waals surface area (Å²) in [5, 5.41) is 3.68. The Kier molecular flexibility index (Phi) is 4.36. The molecule has 7 heteroatoms. The molecule has 2 aromatic rings. The van der Waals surface area contributed by atoms with E-state index >= 15 is 0 Å². The van der Waals surface area contributed by atoms with Crippen LogP contribution in [-0.4, -0.2) is 63.5 Å². The molecule has 0 saturated carbocycles. The number of H-pyrrole nitrogens is 1. The number of hydrogen-bond acceptors (Lipinski definition) is 4. The van der Waals surface area contributed by atoms with Gasteiger partial charge in [0.15, 0.2) is 0 Å². The number of likely N-dealkylation sites (N-methyl/N-ethyl adjacent to an activating group) is 1. The van der Waals surface area contributed by atoms with E-state index in [1.54, 1.807) is 11.2 Å². The number of piperidine rings is 1. The zero-order valence-corrected chi connectivity index (χ0v) is 15.8. The maximum Gasteiger partial charge on any atom is 0.239 e. The van der Waals surface area contributed by atoms with Gasteiger partial charge in [-0.3, -0.25) is 15.0 Å². The highest BCUT2D eigenvalue weighted by Crippen LogP contribution is 2.37. The largest absolute Gasteiger partial charge is 0.353 e. The molecule has 140 valence electrons. The van der Waals surface area contributed by atoms with Crippen molar-refractivity contribution in [2.24, 2.45) is 7.05 Å². The summed E-state index contributed by atoms with van der Waals surface area (Å²) in [6, 6.07) is 4.09. The van der Waals surface area contributed by atoms with E-state index in [1.165, 1.54) is 5.69 Å². The molecule has 2 N–H and O–H groups in total. The topological polar surface area (TPSA) is 69.2 Å². The van der Waals surface area contributed by atoms with Crippen molar-refractivity contribution in [3.05, 3.63) is 41.7 Å². The second-order valence-corrected chi connectivity index (χ2v) is 7.83. The van der Waals surface area contributed by atoms with Crippen molar-refractivity contribution < 1.29 is 4.79 Å². The van der Waals surface area contributed by atoms with E-state index in [-0.39, 0.29) is 17.5 Å². The van der Waals surface area contributed by atoms with E-state index in [0.717, 1.165) is 43.9 Å². The number of imidazole rings is 1. The number of amides is 1. The molecule has 0 bridgehead atoms. The lowest BCUT2D eigenvalue weighted by molar-refractivity contribution is -0.132. The van der Waals surface area contributed by atoms with Crippen LogP contribution in [0.15, 0.2) is 24.7 Å². The Hall–Kier alpha value is -2.12. The minimum absolute atomic E-state index is 0.135. The minimum Gasteiger partial charge on any atom is -0.353 e. The first-order chi connectivity index (χ1) is 12.5. The Labute approximate surface area is 154 Å². The molecule has 2 aliphatic rings. The summed E-state index contributed by atoms with van der Waals surface area (Å²) in [4.78, 5) is 24.6. The van der Waals surface area contributed by atoms with E-state index in [2.05, 4.69) is 50.1 Å². The summed E-state index contributed by atoms with van der Waals surface area (Å²) >= 11 is 0. The molecule has 1 saturated heterocycles. The predicted molar refractivity (Wildman–Crippen MR) is 99.5 cm³/mol. The van der Waals surface area contributed by atoms with Crippen LogP contribution < -0.4 is 5.32 Å². The third-order valence-corrected chi connectivity index (χ3v) is 5.92. The van der Waals surface area contributed by atoms with Crippen molar-refractivity contribution in [1.29, 1.82) is 0 Å². The number of carbonyl (C=O) groups is 1. The zero-order chi connectivity index (χ0) is 18.3. The SMILES string of the molecule is CN(C)C(=O)C1Cc2[nH]cnc2C2(CCN(Cc3cccn3C)CC2)N1. The van der Waals surface area contributed by atoms with Gasteiger partial charge in [0.05, 0.1) is 23.6 Å². The van der Waals surface area contributed by atoms with Crippen molar-refractivity contribution in [3.63, 3.8) is 0 Å². The number of aromatic nitrogens is 3. The second-order valence-electron chi connectivity index (χ2n) is 7.83. The molecule has 4 heterocycles. The first-order valence-corrected chi connectivity index (χ1v) is 9.33. The molecule has 7 nitrogen and oxygen atoms in total. The van der Waals surface area contributed by atoms with Crippen LogP contribution in [0.1, 0.15) is 29.9 Å². The summed E-state index contributed by atoms with van der Waals surface area (Å²) in [6.07, 6.45) is 6.48. The lowest BCUT2D eigenvalue weighted by Crippen LogP contribution is -2.61. The highest BCUT2D eigenvalue weighted by atomic mass is 16.2. The molecule has 26 heavy (non-hydrogen) atoms. The Morgan fingerprint density at radius 1 is 1.38 bits per heavy atom. The van der Waals surface area contributed by atoms with Gasteiger partial charge in [0.2, 0.25) is 5.91 Å². The van der Waals surface area contributed by atoms with Crippen LogP contribution in [0.3, 0.4) is 0 Å². The van der Waals surface area contributed by atoms with Crippen LogP contribution in [0.2, 0.25) is 0 Å². The summed E-state index contributed by atoms with van der Waals surface area (Å²) in [7, 11) is 5.74. The van der Waals surface area contributed by atoms with Gasteiger partial charge in [0.1, 0.15) is 0 Å². The molecule has 2 aromatic heterocycles. The fourth-order valence-corrected chi connectivity index (χ4v) is 4.37. The number of nitrogens with zero attached hydrogens (tertiary/aromatic N) is 4. The van der Waals surface area contributed by atoms with Gasteiger partial charge in [-0.25, -0.2) is 4.98 Å². The monoisotopic (exact) mass is 356 g/mol. The number of likely N-dealkylation sites (tertiary alicyclic amines) is 1. The molecule has 0 radical (unpaired) electrons. The van der Waals surface area contributed by atoms with Crippen molar-refractivity contribution in [2.75, 3.05) is 27.2 Å². The van der Waals surface area contributed by atoms with Crippen LogP contribution in [0.5, 0.6) is 0 Å². The van der Waals surface area contributed by atoms with E-state index in [1.807, 2.05) is 14.1 Å². The van der Waals surface area contributed by atoms with Crippen LogP contribution in [-0.2, 0) is 30.3 Å². The van der Waals surface area contributed by atoms with Gasteiger partial charge < -0.3 is 14.5 Å². The lowest BCUT2D eigenvalue weighted by Gasteiger charge is -2.46. The van der Waals surface area contributed by atoms with E-state index < -0.39 is 0 Å². The van der Waals surface area contributed by atoms with Gasteiger partial charge >= 0.3 is 0 Å². The highest BCUT2D eigenvalue weighted by Gasteiger charge is 2.45. The smallest absolute Gasteiger partial charge is 0.239 e. The quantitative estimate of drug-likeness (QED) is 0.855. The number of hydrogen-bond donors (Lipinski definition) is 2. The van der Waals surface area contributed by atoms with E-state index in [9.17, 15) is 4.79 Å². The number of carbonyl (C=O) groups excluding carboxylic acids is 1. The van der Waals surface area contributed by atoms with Crippen LogP contribution in [0.25, 0.3) is 0 Å². The number of rotatable bonds is 3. The first kappa shape index (κ1) is 17.3. The molecule has 1 unspecified atom stereocenters. The van der Waals surface area contributed by atoms with Crippen molar-refractivity contribution in [1.82, 2.24) is 29.7 Å². The number of aryl methyl sites for hydroxylation is 1. The summed E-state index contributed by atoms with van der Waals surface area (Å²) in [6.45, 7) is 2.95. The maximum absolute atomic E-state index is 12.6. The number of fused-ring (bicyclic) bond motifs is 2. The Balaban J connectivity index is 1.51. The van der Waals surface area contributed by atoms with Gasteiger partial charge in [-0.2, -0.15) is 0 Å². The third kappa shape index (κ3) is 2.95. The molecule has 1 fully saturated rings. The summed E-state index contributed by atoms with van der Waals surface area (Å²) < 4.78 is 2.18. The number of nitrogens with one attached hydrogen (secondary N) is 2. The first-order valence-electron chi connectivity index (χ1n) is 9.33. The Bertz CT molecular complexity index is 784. The Morgan fingerprint density at radius 3 is 2.81 bits per heavy atom. The predicted octanol–water partition coefficient (Wildman–Crippen LogP) is 0.842. The van der Waals surface area contributed by atoms with Crippen LogP contribution in [0.4, 0.5) is 0 Å². The van der Waals surface area contributed by atoms with Gasteiger partial charge in [-0.1, -0.05) is 0 Å². The maximum atomic E-state index is 12.6. The standard InChI is InChI=1S/C19H28N6O/c1-23(2)18(26)16-11-15-17(21-13-20-15)19(22-16)6-9-25(10-7-19)12-14-5-4-8-24(14)3/h4-5,8,13,16,22H,6-7,9-12H2,1-3H3,(H,20,21). The number of aromatic amines is 1. The van der Waals surface area contributed by atoms with Crippen molar-refractivity contribution >= 4 is 5.91 Å². The molecule has 1 atom stereocenters. The summed E-state index contributed by atoms with van der Waals surface area (Å²) in [5.74, 6) is 0.135. The Morgan fingerprint density at radius 2 is 2.15 bits per heavy atom. The molecule has 1 amide bonds. The summed E-state index contributed by atoms with van der Waals surface area (Å²) in [5.41, 5.74) is 3.35. The molecule has 0 aliphatic carbocycles. The average molecular weight is 356 g/mol. The van der Waals surface area contributed by atoms with Crippen LogP contribution >= 0.6 is 0 Å². The van der Waals surface area contributed by atoms with Gasteiger partial charge in [-0.15, -0.1) is 0 Å². The second kappa shape index (κ2) is 6.55. The van der Waals surface area contributed by atoms with E-state index in [0.29, 0.717) is 6.42 Å². The normalized spacial score (nSPS) is 22.3. The third-order valence-electron chi connectivity index (χ3n) is 5.92. The zero-order valence-electron chi connectivity index (χ0n) is 15.8. The van der Waals surface area contributed by atoms with Gasteiger partial charge in [-0.05, 0) is 25.0 Å². The lowest BCUT2D eigenvalue weighted by atomic mass is 9.78. The highest BCUT2D eigenvalue weighted by molar-refractivity contribution is 5.82. The molecule has 4 rings (SSSR count). The molecule has 1 spiro atoms. The molecular formula is C19H28N6O. The molecule has 0 aromatic carbocycles. The van der Waals surface area contributed by atoms with Crippen molar-refractivity contribution in [3.8, 4) is 0 Å². The molecular weight excluding hydrogens is 328 g/mol. The fraction of sp³-hybridized carbons (Fsp3) is 0.579. The van der Waals surface area contributed by atoms with Crippen molar-refractivity contribution in [2.45, 2.75) is 37.4 Å². The fourth-order valence-electron chi connectivity index (χ4n) is 4.37. The van der Waals surface area contributed by atoms with E-state index in [4.69, 9.17) is 0 Å². The molecule has 2 aliphatic heterocycles. The average Bonchev–Trinajstić information content (AvgIpc) is 3.26. The van der Waals surface area contributed by atoms with Gasteiger partial charge in [0, 0.05) is 64.8 Å².